The fourth-order valence-corrected chi connectivity index (χ4v) is 3.98. The molecular weight excluding hydrogens is 455 g/mol. The van der Waals surface area contributed by atoms with Crippen LogP contribution in [0.1, 0.15) is 32.6 Å². The summed E-state index contributed by atoms with van der Waals surface area (Å²) in [5.41, 5.74) is 4.92. The predicted octanol–water partition coefficient (Wildman–Crippen LogP) is 5.30. The van der Waals surface area contributed by atoms with E-state index in [9.17, 15) is 19.1 Å². The molecule has 4 aromatic rings. The number of phenolic OH excluding ortho intramolecular Hbond substituents is 1. The minimum atomic E-state index is -0.350. The van der Waals surface area contributed by atoms with Crippen LogP contribution < -0.4 is 10.6 Å². The molecule has 2 amide bonds. The van der Waals surface area contributed by atoms with E-state index >= 15 is 0 Å². The third-order valence-corrected chi connectivity index (χ3v) is 5.90. The molecule has 0 fully saturated rings. The fourth-order valence-electron chi connectivity index (χ4n) is 3.98. The van der Waals surface area contributed by atoms with Gasteiger partial charge in [-0.15, -0.1) is 0 Å². The van der Waals surface area contributed by atoms with Gasteiger partial charge >= 0.3 is 0 Å². The van der Waals surface area contributed by atoms with Crippen molar-refractivity contribution in [2.75, 3.05) is 0 Å². The zero-order valence-corrected chi connectivity index (χ0v) is 19.9. The molecule has 4 aromatic carbocycles. The Balaban J connectivity index is 1.48. The second-order valence-corrected chi connectivity index (χ2v) is 8.60. The second kappa shape index (κ2) is 11.3. The van der Waals surface area contributed by atoms with Crippen LogP contribution in [0.15, 0.2) is 91.0 Å². The first-order valence-corrected chi connectivity index (χ1v) is 11.7. The third kappa shape index (κ3) is 6.16. The number of rotatable bonds is 8. The van der Waals surface area contributed by atoms with Gasteiger partial charge in [0, 0.05) is 24.2 Å². The number of amides is 2. The van der Waals surface area contributed by atoms with E-state index in [0.29, 0.717) is 11.1 Å². The van der Waals surface area contributed by atoms with E-state index in [1.807, 2.05) is 49.4 Å². The van der Waals surface area contributed by atoms with Gasteiger partial charge in [-0.2, -0.15) is 0 Å². The summed E-state index contributed by atoms with van der Waals surface area (Å²) in [5, 5.41) is 15.2. The van der Waals surface area contributed by atoms with Crippen molar-refractivity contribution in [3.63, 3.8) is 0 Å². The maximum Gasteiger partial charge on any atom is 0.252 e. The Morgan fingerprint density at radius 3 is 2.19 bits per heavy atom. The number of carbonyl (C=O) groups excluding carboxylic acids is 2. The molecule has 0 saturated carbocycles. The highest BCUT2D eigenvalue weighted by Gasteiger charge is 2.16. The van der Waals surface area contributed by atoms with Crippen molar-refractivity contribution in [2.24, 2.45) is 0 Å². The molecule has 0 aromatic heterocycles. The lowest BCUT2D eigenvalue weighted by Crippen LogP contribution is -2.25. The van der Waals surface area contributed by atoms with Crippen LogP contribution in [-0.2, 0) is 24.3 Å². The van der Waals surface area contributed by atoms with Gasteiger partial charge in [0.05, 0.1) is 6.42 Å². The molecule has 0 unspecified atom stereocenters. The normalized spacial score (nSPS) is 10.6. The summed E-state index contributed by atoms with van der Waals surface area (Å²) in [4.78, 5) is 25.6. The largest absolute Gasteiger partial charge is 0.508 e. The van der Waals surface area contributed by atoms with Gasteiger partial charge in [-0.25, -0.2) is 4.39 Å². The van der Waals surface area contributed by atoms with Gasteiger partial charge in [-0.05, 0) is 59.0 Å². The Labute approximate surface area is 209 Å². The number of carbonyl (C=O) groups is 2. The van der Waals surface area contributed by atoms with Gasteiger partial charge in [-0.1, -0.05) is 66.7 Å². The van der Waals surface area contributed by atoms with E-state index in [4.69, 9.17) is 0 Å². The van der Waals surface area contributed by atoms with Gasteiger partial charge in [-0.3, -0.25) is 9.59 Å². The van der Waals surface area contributed by atoms with Gasteiger partial charge in [0.2, 0.25) is 5.91 Å². The minimum absolute atomic E-state index is 0.0776. The number of aryl methyl sites for hydroxylation is 1. The SMILES string of the molecule is Cc1ccc(CNC(=O)c2ccccc2-c2ccccc2CNC(=O)Cc2ccc(O)cc2)c(F)c1. The Bertz CT molecular complexity index is 1380. The van der Waals surface area contributed by atoms with Crippen LogP contribution in [0.5, 0.6) is 5.75 Å². The monoisotopic (exact) mass is 482 g/mol. The number of hydrogen-bond acceptors (Lipinski definition) is 3. The summed E-state index contributed by atoms with van der Waals surface area (Å²) in [6, 6.07) is 26.3. The fraction of sp³-hybridized carbons (Fsp3) is 0.133. The molecule has 0 aliphatic rings. The summed E-state index contributed by atoms with van der Waals surface area (Å²) in [7, 11) is 0. The Morgan fingerprint density at radius 2 is 1.44 bits per heavy atom. The number of hydrogen-bond donors (Lipinski definition) is 3. The first kappa shape index (κ1) is 24.7. The maximum atomic E-state index is 14.2. The van der Waals surface area contributed by atoms with Crippen molar-refractivity contribution in [1.82, 2.24) is 10.6 Å². The summed E-state index contributed by atoms with van der Waals surface area (Å²) in [6.45, 7) is 2.18. The van der Waals surface area contributed by atoms with Crippen LogP contribution >= 0.6 is 0 Å². The highest BCUT2D eigenvalue weighted by atomic mass is 19.1. The van der Waals surface area contributed by atoms with Gasteiger partial charge < -0.3 is 15.7 Å². The average Bonchev–Trinajstić information content (AvgIpc) is 2.88. The van der Waals surface area contributed by atoms with Crippen LogP contribution in [0.4, 0.5) is 4.39 Å². The Morgan fingerprint density at radius 1 is 0.778 bits per heavy atom. The molecule has 3 N–H and O–H groups in total. The van der Waals surface area contributed by atoms with Gasteiger partial charge in [0.25, 0.3) is 5.91 Å². The van der Waals surface area contributed by atoms with Crippen LogP contribution in [0.3, 0.4) is 0 Å². The molecule has 0 bridgehead atoms. The molecule has 36 heavy (non-hydrogen) atoms. The third-order valence-electron chi connectivity index (χ3n) is 5.90. The highest BCUT2D eigenvalue weighted by Crippen LogP contribution is 2.27. The molecule has 5 nitrogen and oxygen atoms in total. The van der Waals surface area contributed by atoms with Crippen molar-refractivity contribution in [3.05, 3.63) is 125 Å². The number of aromatic hydroxyl groups is 1. The predicted molar refractivity (Wildman–Crippen MR) is 138 cm³/mol. The number of phenols is 1. The molecule has 0 aliphatic heterocycles. The Hall–Kier alpha value is -4.45. The smallest absolute Gasteiger partial charge is 0.252 e. The minimum Gasteiger partial charge on any atom is -0.508 e. The van der Waals surface area contributed by atoms with Crippen molar-refractivity contribution in [1.29, 1.82) is 0 Å². The Kier molecular flexibility index (Phi) is 7.75. The summed E-state index contributed by atoms with van der Waals surface area (Å²) >= 11 is 0. The van der Waals surface area contributed by atoms with Crippen LogP contribution in [0.25, 0.3) is 11.1 Å². The summed E-state index contributed by atoms with van der Waals surface area (Å²) in [6.07, 6.45) is 0.191. The molecule has 0 radical (unpaired) electrons. The molecular formula is C30H27FN2O3. The first-order valence-electron chi connectivity index (χ1n) is 11.7. The molecule has 182 valence electrons. The van der Waals surface area contributed by atoms with Crippen LogP contribution in [0.2, 0.25) is 0 Å². The van der Waals surface area contributed by atoms with Crippen molar-refractivity contribution >= 4 is 11.8 Å². The summed E-state index contributed by atoms with van der Waals surface area (Å²) < 4.78 is 14.2. The van der Waals surface area contributed by atoms with Gasteiger partial charge in [0.15, 0.2) is 0 Å². The van der Waals surface area contributed by atoms with Crippen LogP contribution in [-0.4, -0.2) is 16.9 Å². The zero-order valence-electron chi connectivity index (χ0n) is 19.9. The highest BCUT2D eigenvalue weighted by molar-refractivity contribution is 6.01. The topological polar surface area (TPSA) is 78.4 Å². The molecule has 0 saturated heterocycles. The molecule has 0 atom stereocenters. The molecule has 0 spiro atoms. The van der Waals surface area contributed by atoms with E-state index < -0.39 is 0 Å². The molecule has 0 heterocycles. The average molecular weight is 483 g/mol. The van der Waals surface area contributed by atoms with E-state index in [2.05, 4.69) is 10.6 Å². The lowest BCUT2D eigenvalue weighted by molar-refractivity contribution is -0.120. The first-order chi connectivity index (χ1) is 17.4. The lowest BCUT2D eigenvalue weighted by Gasteiger charge is -2.15. The van der Waals surface area contributed by atoms with Gasteiger partial charge in [0.1, 0.15) is 11.6 Å². The van der Waals surface area contributed by atoms with Crippen molar-refractivity contribution in [2.45, 2.75) is 26.4 Å². The molecule has 6 heteroatoms. The number of nitrogens with one attached hydrogen (secondary N) is 2. The molecule has 0 aliphatic carbocycles. The van der Waals surface area contributed by atoms with Crippen LogP contribution in [0, 0.1) is 12.7 Å². The quantitative estimate of drug-likeness (QED) is 0.319. The number of benzene rings is 4. The maximum absolute atomic E-state index is 14.2. The van der Waals surface area contributed by atoms with E-state index in [1.54, 1.807) is 42.5 Å². The van der Waals surface area contributed by atoms with E-state index in [1.165, 1.54) is 6.07 Å². The van der Waals surface area contributed by atoms with E-state index in [-0.39, 0.29) is 42.9 Å². The second-order valence-electron chi connectivity index (χ2n) is 8.60. The lowest BCUT2D eigenvalue weighted by atomic mass is 9.94. The number of halogens is 1. The van der Waals surface area contributed by atoms with Crippen molar-refractivity contribution < 1.29 is 19.1 Å². The van der Waals surface area contributed by atoms with Crippen molar-refractivity contribution in [3.8, 4) is 16.9 Å². The molecule has 4 rings (SSSR count). The standard InChI is InChI=1S/C30H27FN2O3/c1-20-10-13-23(28(31)16-20)19-33-30(36)27-9-5-4-8-26(27)25-7-3-2-6-22(25)18-32-29(35)17-21-11-14-24(34)15-12-21/h2-16,34H,17-19H2,1H3,(H,32,35)(H,33,36). The van der Waals surface area contributed by atoms with E-state index in [0.717, 1.165) is 27.8 Å². The summed E-state index contributed by atoms with van der Waals surface area (Å²) in [5.74, 6) is -0.657. The zero-order chi connectivity index (χ0) is 25.5.